The molecule has 0 amide bonds. The molecule has 6 heteroatoms. The molecule has 0 heterocycles. The number of nitrogens with one attached hydrogen (secondary N) is 1. The normalized spacial score (nSPS) is 11.3. The minimum Gasteiger partial charge on any atom is -0.399 e. The quantitative estimate of drug-likeness (QED) is 0.854. The first-order chi connectivity index (χ1) is 9.29. The van der Waals surface area contributed by atoms with E-state index in [4.69, 9.17) is 17.3 Å². The number of hydrogen-bond acceptors (Lipinski definition) is 3. The van der Waals surface area contributed by atoms with Gasteiger partial charge in [-0.2, -0.15) is 0 Å². The van der Waals surface area contributed by atoms with Crippen molar-refractivity contribution in [1.29, 1.82) is 0 Å². The molecule has 0 atom stereocenters. The second-order valence-electron chi connectivity index (χ2n) is 4.61. The van der Waals surface area contributed by atoms with Crippen LogP contribution in [-0.2, 0) is 10.0 Å². The Labute approximate surface area is 123 Å². The first-order valence-corrected chi connectivity index (χ1v) is 7.81. The van der Waals surface area contributed by atoms with E-state index in [1.807, 2.05) is 6.92 Å². The molecular formula is C14H15ClN2O2S. The molecule has 0 radical (unpaired) electrons. The van der Waals surface area contributed by atoms with Gasteiger partial charge in [0.2, 0.25) is 0 Å². The van der Waals surface area contributed by atoms with Crippen LogP contribution in [0.4, 0.5) is 11.4 Å². The second-order valence-corrected chi connectivity index (χ2v) is 6.67. The largest absolute Gasteiger partial charge is 0.399 e. The number of sulfonamides is 1. The van der Waals surface area contributed by atoms with Crippen molar-refractivity contribution in [3.63, 3.8) is 0 Å². The van der Waals surface area contributed by atoms with Crippen LogP contribution in [0.5, 0.6) is 0 Å². The van der Waals surface area contributed by atoms with Crippen LogP contribution in [0.1, 0.15) is 11.1 Å². The molecule has 0 aliphatic heterocycles. The maximum Gasteiger partial charge on any atom is 0.262 e. The smallest absolute Gasteiger partial charge is 0.262 e. The molecule has 0 saturated heterocycles. The van der Waals surface area contributed by atoms with Gasteiger partial charge < -0.3 is 5.73 Å². The van der Waals surface area contributed by atoms with Gasteiger partial charge in [-0.1, -0.05) is 23.7 Å². The Bertz CT molecular complexity index is 758. The van der Waals surface area contributed by atoms with Crippen LogP contribution in [0.2, 0.25) is 5.02 Å². The van der Waals surface area contributed by atoms with Crippen LogP contribution in [0.3, 0.4) is 0 Å². The molecule has 0 unspecified atom stereocenters. The van der Waals surface area contributed by atoms with Gasteiger partial charge in [-0.25, -0.2) is 8.42 Å². The van der Waals surface area contributed by atoms with Gasteiger partial charge in [-0.3, -0.25) is 4.72 Å². The van der Waals surface area contributed by atoms with E-state index in [0.29, 0.717) is 22.0 Å². The Kier molecular flexibility index (Phi) is 3.92. The molecule has 0 bridgehead atoms. The summed E-state index contributed by atoms with van der Waals surface area (Å²) in [7, 11) is -3.72. The lowest BCUT2D eigenvalue weighted by atomic mass is 10.2. The number of benzene rings is 2. The van der Waals surface area contributed by atoms with Gasteiger partial charge in [-0.15, -0.1) is 0 Å². The molecule has 2 aromatic carbocycles. The number of anilines is 2. The summed E-state index contributed by atoms with van der Waals surface area (Å²) < 4.78 is 27.3. The van der Waals surface area contributed by atoms with Crippen molar-refractivity contribution in [1.82, 2.24) is 0 Å². The van der Waals surface area contributed by atoms with Crippen molar-refractivity contribution in [2.24, 2.45) is 0 Å². The van der Waals surface area contributed by atoms with E-state index < -0.39 is 10.0 Å². The van der Waals surface area contributed by atoms with Crippen LogP contribution in [-0.4, -0.2) is 8.42 Å². The highest BCUT2D eigenvalue weighted by atomic mass is 35.5. The zero-order chi connectivity index (χ0) is 14.9. The Hall–Kier alpha value is -1.72. The van der Waals surface area contributed by atoms with Gasteiger partial charge in [-0.05, 0) is 49.2 Å². The third-order valence-corrected chi connectivity index (χ3v) is 4.69. The zero-order valence-corrected chi connectivity index (χ0v) is 12.7. The third kappa shape index (κ3) is 3.05. The second kappa shape index (κ2) is 5.34. The third-order valence-electron chi connectivity index (χ3n) is 2.87. The molecule has 106 valence electrons. The van der Waals surface area contributed by atoms with Crippen molar-refractivity contribution in [3.8, 4) is 0 Å². The summed E-state index contributed by atoms with van der Waals surface area (Å²) in [5.74, 6) is 0. The average Bonchev–Trinajstić information content (AvgIpc) is 2.35. The summed E-state index contributed by atoms with van der Waals surface area (Å²) in [5.41, 5.74) is 7.97. The minimum absolute atomic E-state index is 0.147. The van der Waals surface area contributed by atoms with Crippen LogP contribution >= 0.6 is 11.6 Å². The van der Waals surface area contributed by atoms with Crippen molar-refractivity contribution >= 4 is 33.0 Å². The number of nitrogen functional groups attached to an aromatic ring is 1. The molecule has 2 rings (SSSR count). The maximum atomic E-state index is 12.4. The number of hydrogen-bond donors (Lipinski definition) is 2. The first kappa shape index (κ1) is 14.7. The lowest BCUT2D eigenvalue weighted by molar-refractivity contribution is 0.600. The van der Waals surface area contributed by atoms with Gasteiger partial charge in [0.15, 0.2) is 0 Å². The molecule has 20 heavy (non-hydrogen) atoms. The van der Waals surface area contributed by atoms with Crippen LogP contribution < -0.4 is 10.5 Å². The fourth-order valence-corrected chi connectivity index (χ4v) is 3.51. The molecule has 0 fully saturated rings. The Morgan fingerprint density at radius 2 is 1.80 bits per heavy atom. The standard InChI is InChI=1S/C14H15ClN2O2S/c1-9-3-6-13(12(15)7-9)17-20(18,19)14-8-11(16)5-4-10(14)2/h3-8,17H,16H2,1-2H3. The van der Waals surface area contributed by atoms with E-state index in [0.717, 1.165) is 5.56 Å². The highest BCUT2D eigenvalue weighted by Gasteiger charge is 2.18. The fourth-order valence-electron chi connectivity index (χ4n) is 1.81. The first-order valence-electron chi connectivity index (χ1n) is 5.95. The summed E-state index contributed by atoms with van der Waals surface area (Å²) in [4.78, 5) is 0.147. The van der Waals surface area contributed by atoms with E-state index >= 15 is 0 Å². The van der Waals surface area contributed by atoms with Crippen molar-refractivity contribution in [2.45, 2.75) is 18.7 Å². The molecule has 4 nitrogen and oxygen atoms in total. The predicted octanol–water partition coefficient (Wildman–Crippen LogP) is 3.34. The SMILES string of the molecule is Cc1ccc(NS(=O)(=O)c2cc(N)ccc2C)c(Cl)c1. The number of aryl methyl sites for hydroxylation is 2. The minimum atomic E-state index is -3.72. The Morgan fingerprint density at radius 3 is 2.45 bits per heavy atom. The van der Waals surface area contributed by atoms with E-state index in [1.54, 1.807) is 37.3 Å². The molecule has 3 N–H and O–H groups in total. The Morgan fingerprint density at radius 1 is 1.10 bits per heavy atom. The highest BCUT2D eigenvalue weighted by molar-refractivity contribution is 7.92. The van der Waals surface area contributed by atoms with Gasteiger partial charge in [0.25, 0.3) is 10.0 Å². The maximum absolute atomic E-state index is 12.4. The summed E-state index contributed by atoms with van der Waals surface area (Å²) in [6.07, 6.45) is 0. The lowest BCUT2D eigenvalue weighted by Gasteiger charge is -2.12. The van der Waals surface area contributed by atoms with Crippen molar-refractivity contribution < 1.29 is 8.42 Å². The van der Waals surface area contributed by atoms with Crippen molar-refractivity contribution in [3.05, 3.63) is 52.5 Å². The van der Waals surface area contributed by atoms with E-state index in [-0.39, 0.29) is 4.90 Å². The molecular weight excluding hydrogens is 296 g/mol. The molecule has 0 saturated carbocycles. The average molecular weight is 311 g/mol. The summed E-state index contributed by atoms with van der Waals surface area (Å²) in [6.45, 7) is 3.59. The van der Waals surface area contributed by atoms with Crippen molar-refractivity contribution in [2.75, 3.05) is 10.5 Å². The van der Waals surface area contributed by atoms with E-state index in [1.165, 1.54) is 6.07 Å². The lowest BCUT2D eigenvalue weighted by Crippen LogP contribution is -2.15. The van der Waals surface area contributed by atoms with Crippen LogP contribution in [0.15, 0.2) is 41.3 Å². The summed E-state index contributed by atoms with van der Waals surface area (Å²) in [5, 5.41) is 0.357. The number of nitrogens with two attached hydrogens (primary N) is 1. The van der Waals surface area contributed by atoms with E-state index in [2.05, 4.69) is 4.72 Å². The fraction of sp³-hybridized carbons (Fsp3) is 0.143. The molecule has 0 aliphatic rings. The Balaban J connectivity index is 2.43. The summed E-state index contributed by atoms with van der Waals surface area (Å²) >= 11 is 6.04. The monoisotopic (exact) mass is 310 g/mol. The molecule has 0 spiro atoms. The highest BCUT2D eigenvalue weighted by Crippen LogP contribution is 2.27. The number of rotatable bonds is 3. The van der Waals surface area contributed by atoms with E-state index in [9.17, 15) is 8.42 Å². The van der Waals surface area contributed by atoms with Gasteiger partial charge in [0.05, 0.1) is 15.6 Å². The molecule has 0 aromatic heterocycles. The van der Waals surface area contributed by atoms with Gasteiger partial charge >= 0.3 is 0 Å². The molecule has 0 aliphatic carbocycles. The van der Waals surface area contributed by atoms with Gasteiger partial charge in [0.1, 0.15) is 0 Å². The summed E-state index contributed by atoms with van der Waals surface area (Å²) in [6, 6.07) is 9.88. The van der Waals surface area contributed by atoms with Crippen LogP contribution in [0, 0.1) is 13.8 Å². The number of halogens is 1. The van der Waals surface area contributed by atoms with Crippen LogP contribution in [0.25, 0.3) is 0 Å². The molecule has 2 aromatic rings. The van der Waals surface area contributed by atoms with Gasteiger partial charge in [0, 0.05) is 5.69 Å². The predicted molar refractivity (Wildman–Crippen MR) is 82.6 cm³/mol. The topological polar surface area (TPSA) is 72.2 Å². The zero-order valence-electron chi connectivity index (χ0n) is 11.1.